The third-order valence-electron chi connectivity index (χ3n) is 1.43. The molecule has 1 rings (SSSR count). The average Bonchev–Trinajstić information content (AvgIpc) is 2.12. The number of ketones is 1. The van der Waals surface area contributed by atoms with Gasteiger partial charge in [-0.25, -0.2) is 4.79 Å². The van der Waals surface area contributed by atoms with Gasteiger partial charge in [0.15, 0.2) is 5.78 Å². The molecule has 1 heterocycles. The zero-order valence-corrected chi connectivity index (χ0v) is 5.87. The molecule has 1 saturated heterocycles. The number of aliphatic hydroxyl groups is 1. The maximum Gasteiger partial charge on any atom is 0.344 e. The molecule has 4 heteroatoms. The summed E-state index contributed by atoms with van der Waals surface area (Å²) >= 11 is 0. The Bertz CT molecular complexity index is 196. The van der Waals surface area contributed by atoms with E-state index in [2.05, 4.69) is 4.74 Å². The molecule has 0 unspecified atom stereocenters. The fourth-order valence-corrected chi connectivity index (χ4v) is 0.849. The van der Waals surface area contributed by atoms with Gasteiger partial charge in [0.05, 0.1) is 12.9 Å². The summed E-state index contributed by atoms with van der Waals surface area (Å²) in [5.41, 5.74) is -0.248. The molecule has 60 valence electrons. The van der Waals surface area contributed by atoms with Crippen LogP contribution in [0.3, 0.4) is 0 Å². The lowest BCUT2D eigenvalue weighted by Crippen LogP contribution is -2.11. The summed E-state index contributed by atoms with van der Waals surface area (Å²) < 4.78 is 4.59. The highest BCUT2D eigenvalue weighted by atomic mass is 16.5. The maximum absolute atomic E-state index is 10.9. The molecule has 1 fully saturated rings. The van der Waals surface area contributed by atoms with Crippen LogP contribution in [0.2, 0.25) is 0 Å². The smallest absolute Gasteiger partial charge is 0.344 e. The van der Waals surface area contributed by atoms with Crippen LogP contribution in [0.5, 0.6) is 0 Å². The number of hydrogen-bond donors (Lipinski definition) is 1. The molecule has 0 aliphatic carbocycles. The van der Waals surface area contributed by atoms with E-state index < -0.39 is 5.97 Å². The molecule has 0 spiro atoms. The molecule has 0 aromatic heterocycles. The van der Waals surface area contributed by atoms with Gasteiger partial charge >= 0.3 is 5.97 Å². The van der Waals surface area contributed by atoms with E-state index in [1.165, 1.54) is 0 Å². The van der Waals surface area contributed by atoms with E-state index >= 15 is 0 Å². The summed E-state index contributed by atoms with van der Waals surface area (Å²) in [4.78, 5) is 21.7. The molecule has 0 radical (unpaired) electrons. The highest BCUT2D eigenvalue weighted by Gasteiger charge is 2.22. The largest absolute Gasteiger partial charge is 0.515 e. The van der Waals surface area contributed by atoms with Crippen LogP contribution in [0.25, 0.3) is 0 Å². The molecular weight excluding hydrogens is 148 g/mol. The molecule has 1 aliphatic heterocycles. The Kier molecular flexibility index (Phi) is 2.25. The van der Waals surface area contributed by atoms with Gasteiger partial charge in [-0.15, -0.1) is 0 Å². The van der Waals surface area contributed by atoms with Crippen molar-refractivity contribution in [2.45, 2.75) is 12.8 Å². The summed E-state index contributed by atoms with van der Waals surface area (Å²) in [7, 11) is 0. The second-order valence-corrected chi connectivity index (χ2v) is 2.21. The molecule has 11 heavy (non-hydrogen) atoms. The fourth-order valence-electron chi connectivity index (χ4n) is 0.849. The molecular formula is C7H8O4. The standard InChI is InChI=1S/C7H8O4/c8-4-5-6(9)2-1-3-11-7(5)10/h4,8H,1-3H2/b5-4-. The Hall–Kier alpha value is -1.32. The van der Waals surface area contributed by atoms with E-state index in [4.69, 9.17) is 5.11 Å². The number of esters is 1. The number of Topliss-reactive ketones (excluding diaryl/α,β-unsaturated/α-hetero) is 1. The number of rotatable bonds is 0. The lowest BCUT2D eigenvalue weighted by molar-refractivity contribution is -0.139. The Labute approximate surface area is 63.5 Å². The van der Waals surface area contributed by atoms with E-state index in [0.717, 1.165) is 0 Å². The van der Waals surface area contributed by atoms with Crippen molar-refractivity contribution in [2.24, 2.45) is 0 Å². The van der Waals surface area contributed by atoms with Crippen molar-refractivity contribution >= 4 is 11.8 Å². The van der Waals surface area contributed by atoms with Gasteiger partial charge in [-0.05, 0) is 6.42 Å². The highest BCUT2D eigenvalue weighted by molar-refractivity contribution is 6.17. The zero-order chi connectivity index (χ0) is 8.27. The third-order valence-corrected chi connectivity index (χ3v) is 1.43. The van der Waals surface area contributed by atoms with Gasteiger partial charge in [-0.1, -0.05) is 0 Å². The summed E-state index contributed by atoms with van der Waals surface area (Å²) in [6.07, 6.45) is 1.30. The minimum absolute atomic E-state index is 0.248. The van der Waals surface area contributed by atoms with E-state index in [0.29, 0.717) is 12.7 Å². The Morgan fingerprint density at radius 2 is 2.18 bits per heavy atom. The first-order chi connectivity index (χ1) is 5.25. The summed E-state index contributed by atoms with van der Waals surface area (Å²) in [6, 6.07) is 0. The number of ether oxygens (including phenoxy) is 1. The van der Waals surface area contributed by atoms with Crippen molar-refractivity contribution in [1.29, 1.82) is 0 Å². The predicted molar refractivity (Wildman–Crippen MR) is 35.9 cm³/mol. The van der Waals surface area contributed by atoms with Crippen LogP contribution in [0.4, 0.5) is 0 Å². The summed E-state index contributed by atoms with van der Waals surface area (Å²) in [5.74, 6) is -1.08. The number of carbonyl (C=O) groups excluding carboxylic acids is 2. The molecule has 1 aliphatic rings. The van der Waals surface area contributed by atoms with Crippen molar-refractivity contribution < 1.29 is 19.4 Å². The van der Waals surface area contributed by atoms with Gasteiger partial charge < -0.3 is 9.84 Å². The lowest BCUT2D eigenvalue weighted by Gasteiger charge is -1.96. The lowest BCUT2D eigenvalue weighted by atomic mass is 10.1. The van der Waals surface area contributed by atoms with Crippen LogP contribution >= 0.6 is 0 Å². The minimum Gasteiger partial charge on any atom is -0.515 e. The molecule has 0 aromatic rings. The van der Waals surface area contributed by atoms with Crippen molar-refractivity contribution in [2.75, 3.05) is 6.61 Å². The molecule has 0 bridgehead atoms. The van der Waals surface area contributed by atoms with Crippen molar-refractivity contribution in [3.63, 3.8) is 0 Å². The number of aliphatic hydroxyl groups excluding tert-OH is 1. The summed E-state index contributed by atoms with van der Waals surface area (Å²) in [5, 5.41) is 8.47. The molecule has 0 atom stereocenters. The van der Waals surface area contributed by atoms with E-state index in [1.807, 2.05) is 0 Å². The van der Waals surface area contributed by atoms with Gasteiger partial charge in [0.2, 0.25) is 0 Å². The second-order valence-electron chi connectivity index (χ2n) is 2.21. The Morgan fingerprint density at radius 3 is 2.82 bits per heavy atom. The number of cyclic esters (lactones) is 1. The van der Waals surface area contributed by atoms with Crippen LogP contribution in [-0.4, -0.2) is 23.5 Å². The second kappa shape index (κ2) is 3.18. The van der Waals surface area contributed by atoms with Crippen molar-refractivity contribution in [3.05, 3.63) is 11.8 Å². The first kappa shape index (κ1) is 7.78. The van der Waals surface area contributed by atoms with Gasteiger partial charge in [0, 0.05) is 6.42 Å². The zero-order valence-electron chi connectivity index (χ0n) is 5.87. The minimum atomic E-state index is -0.727. The SMILES string of the molecule is O=C1CCCOC(=O)/C1=C\O. The van der Waals surface area contributed by atoms with Gasteiger partial charge in [-0.3, -0.25) is 4.79 Å². The van der Waals surface area contributed by atoms with Crippen LogP contribution < -0.4 is 0 Å². The fraction of sp³-hybridized carbons (Fsp3) is 0.429. The first-order valence-corrected chi connectivity index (χ1v) is 3.30. The molecule has 0 aromatic carbocycles. The van der Waals surface area contributed by atoms with E-state index in [-0.39, 0.29) is 24.4 Å². The third kappa shape index (κ3) is 1.58. The van der Waals surface area contributed by atoms with Crippen LogP contribution in [0, 0.1) is 0 Å². The van der Waals surface area contributed by atoms with Gasteiger partial charge in [-0.2, -0.15) is 0 Å². The first-order valence-electron chi connectivity index (χ1n) is 3.30. The highest BCUT2D eigenvalue weighted by Crippen LogP contribution is 2.09. The molecule has 1 N–H and O–H groups in total. The molecule has 0 amide bonds. The van der Waals surface area contributed by atoms with Crippen LogP contribution in [0.1, 0.15) is 12.8 Å². The monoisotopic (exact) mass is 156 g/mol. The van der Waals surface area contributed by atoms with E-state index in [1.54, 1.807) is 0 Å². The molecule has 4 nitrogen and oxygen atoms in total. The predicted octanol–water partition coefficient (Wildman–Crippen LogP) is 0.334. The van der Waals surface area contributed by atoms with Gasteiger partial charge in [0.1, 0.15) is 5.57 Å². The van der Waals surface area contributed by atoms with E-state index in [9.17, 15) is 9.59 Å². The number of carbonyl (C=O) groups is 2. The van der Waals surface area contributed by atoms with Gasteiger partial charge in [0.25, 0.3) is 0 Å². The normalized spacial score (nSPS) is 23.1. The number of hydrogen-bond acceptors (Lipinski definition) is 4. The topological polar surface area (TPSA) is 63.6 Å². The Balaban J connectivity index is 2.84. The average molecular weight is 156 g/mol. The van der Waals surface area contributed by atoms with Crippen LogP contribution in [0.15, 0.2) is 11.8 Å². The summed E-state index contributed by atoms with van der Waals surface area (Å²) in [6.45, 7) is 0.252. The molecule has 0 saturated carbocycles. The van der Waals surface area contributed by atoms with Crippen molar-refractivity contribution in [1.82, 2.24) is 0 Å². The quantitative estimate of drug-likeness (QED) is 0.237. The maximum atomic E-state index is 10.9. The van der Waals surface area contributed by atoms with Crippen LogP contribution in [-0.2, 0) is 14.3 Å². The van der Waals surface area contributed by atoms with Crippen molar-refractivity contribution in [3.8, 4) is 0 Å². The Morgan fingerprint density at radius 1 is 1.45 bits per heavy atom.